The molecule has 0 radical (unpaired) electrons. The van der Waals surface area contributed by atoms with Crippen LogP contribution in [0.4, 0.5) is 0 Å². The summed E-state index contributed by atoms with van der Waals surface area (Å²) >= 11 is 9.97. The molecule has 0 aliphatic rings. The fourth-order valence-corrected chi connectivity index (χ4v) is 0. The van der Waals surface area contributed by atoms with Crippen LogP contribution in [0.2, 0.25) is 0 Å². The Balaban J connectivity index is 3.26. The van der Waals surface area contributed by atoms with E-state index in [9.17, 15) is 4.79 Å². The number of alkyl halides is 1. The van der Waals surface area contributed by atoms with Gasteiger partial charge in [-0.15, -0.1) is 11.6 Å². The highest BCUT2D eigenvalue weighted by Crippen LogP contribution is 1.96. The topological polar surface area (TPSA) is 17.1 Å². The minimum atomic E-state index is -0.549. The lowest BCUT2D eigenvalue weighted by Gasteiger charge is -1.85. The standard InChI is InChI=1S/C3H4Cl2O/c1-2(4)3(5)6/h2H,1H3/t2-/m0/s1. The molecule has 6 heavy (non-hydrogen) atoms. The predicted octanol–water partition coefficient (Wildman–Crippen LogP) is 1.38. The first kappa shape index (κ1) is 6.25. The third kappa shape index (κ3) is 2.49. The second-order valence-electron chi connectivity index (χ2n) is 0.920. The molecule has 0 aromatic carbocycles. The highest BCUT2D eigenvalue weighted by atomic mass is 35.5. The zero-order valence-electron chi connectivity index (χ0n) is 3.24. The van der Waals surface area contributed by atoms with Crippen molar-refractivity contribution < 1.29 is 4.79 Å². The molecule has 0 spiro atoms. The summed E-state index contributed by atoms with van der Waals surface area (Å²) in [5.74, 6) is 0. The smallest absolute Gasteiger partial charge is 0.239 e. The third-order valence-electron chi connectivity index (χ3n) is 0.313. The zero-order chi connectivity index (χ0) is 5.15. The van der Waals surface area contributed by atoms with Crippen molar-refractivity contribution in [1.82, 2.24) is 0 Å². The highest BCUT2D eigenvalue weighted by molar-refractivity contribution is 6.69. The summed E-state index contributed by atoms with van der Waals surface area (Å²) in [6.07, 6.45) is 0. The average Bonchev–Trinajstić information content (AvgIpc) is 1.36. The van der Waals surface area contributed by atoms with Crippen molar-refractivity contribution in [1.29, 1.82) is 0 Å². The molecule has 0 N–H and O–H groups in total. The third-order valence-corrected chi connectivity index (χ3v) is 0.950. The molecule has 3 heteroatoms. The molecule has 0 aliphatic heterocycles. The monoisotopic (exact) mass is 126 g/mol. The van der Waals surface area contributed by atoms with E-state index in [0.29, 0.717) is 0 Å². The summed E-state index contributed by atoms with van der Waals surface area (Å²) in [6, 6.07) is 0. The summed E-state index contributed by atoms with van der Waals surface area (Å²) in [6.45, 7) is 1.52. The molecule has 36 valence electrons. The molecule has 1 atom stereocenters. The van der Waals surface area contributed by atoms with E-state index in [0.717, 1.165) is 0 Å². The van der Waals surface area contributed by atoms with Crippen molar-refractivity contribution >= 4 is 28.4 Å². The summed E-state index contributed by atoms with van der Waals surface area (Å²) in [5, 5.41) is -1.05. The van der Waals surface area contributed by atoms with Gasteiger partial charge in [-0.25, -0.2) is 0 Å². The highest BCUT2D eigenvalue weighted by Gasteiger charge is 2.01. The van der Waals surface area contributed by atoms with Gasteiger partial charge in [-0.1, -0.05) is 0 Å². The summed E-state index contributed by atoms with van der Waals surface area (Å²) in [5.41, 5.74) is 0. The zero-order valence-corrected chi connectivity index (χ0v) is 4.75. The van der Waals surface area contributed by atoms with Gasteiger partial charge in [0, 0.05) is 0 Å². The molecular weight excluding hydrogens is 123 g/mol. The van der Waals surface area contributed by atoms with Crippen LogP contribution in [0.25, 0.3) is 0 Å². The first-order valence-corrected chi connectivity index (χ1v) is 2.29. The van der Waals surface area contributed by atoms with Gasteiger partial charge in [-0.2, -0.15) is 0 Å². The number of hydrogen-bond donors (Lipinski definition) is 0. The Hall–Kier alpha value is 0.250. The molecule has 0 aliphatic carbocycles. The van der Waals surface area contributed by atoms with E-state index in [-0.39, 0.29) is 0 Å². The van der Waals surface area contributed by atoms with Gasteiger partial charge in [0.05, 0.1) is 0 Å². The van der Waals surface area contributed by atoms with Crippen LogP contribution in [0.15, 0.2) is 0 Å². The van der Waals surface area contributed by atoms with Gasteiger partial charge in [0.25, 0.3) is 0 Å². The van der Waals surface area contributed by atoms with Gasteiger partial charge in [-0.3, -0.25) is 4.79 Å². The minimum absolute atomic E-state index is 0.503. The number of carbonyl (C=O) groups is 1. The summed E-state index contributed by atoms with van der Waals surface area (Å²) in [7, 11) is 0. The fourth-order valence-electron chi connectivity index (χ4n) is 0. The molecule has 0 aromatic heterocycles. The quantitative estimate of drug-likeness (QED) is 0.384. The van der Waals surface area contributed by atoms with E-state index in [2.05, 4.69) is 0 Å². The van der Waals surface area contributed by atoms with Crippen molar-refractivity contribution in [3.63, 3.8) is 0 Å². The van der Waals surface area contributed by atoms with Gasteiger partial charge in [0.15, 0.2) is 0 Å². The number of hydrogen-bond acceptors (Lipinski definition) is 1. The van der Waals surface area contributed by atoms with E-state index >= 15 is 0 Å². The van der Waals surface area contributed by atoms with Crippen LogP contribution in [-0.2, 0) is 4.79 Å². The van der Waals surface area contributed by atoms with Crippen molar-refractivity contribution in [2.45, 2.75) is 12.3 Å². The molecule has 0 heterocycles. The molecule has 0 bridgehead atoms. The largest absolute Gasteiger partial charge is 0.280 e. The second kappa shape index (κ2) is 2.43. The molecule has 1 nitrogen and oxygen atoms in total. The maximum absolute atomic E-state index is 9.78. The maximum Gasteiger partial charge on any atom is 0.239 e. The molecule has 0 amide bonds. The van der Waals surface area contributed by atoms with Crippen molar-refractivity contribution in [2.24, 2.45) is 0 Å². The Morgan fingerprint density at radius 1 is 1.83 bits per heavy atom. The SMILES string of the molecule is C[C@H](Cl)C(=O)Cl. The summed E-state index contributed by atoms with van der Waals surface area (Å²) in [4.78, 5) is 9.78. The predicted molar refractivity (Wildman–Crippen MR) is 26.2 cm³/mol. The minimum Gasteiger partial charge on any atom is -0.280 e. The number of carbonyl (C=O) groups excluding carboxylic acids is 1. The second-order valence-corrected chi connectivity index (χ2v) is 1.95. The van der Waals surface area contributed by atoms with Crippen LogP contribution in [0.5, 0.6) is 0 Å². The Kier molecular flexibility index (Phi) is 2.53. The first-order valence-electron chi connectivity index (χ1n) is 1.48. The van der Waals surface area contributed by atoms with E-state index in [1.165, 1.54) is 6.92 Å². The average molecular weight is 127 g/mol. The van der Waals surface area contributed by atoms with Crippen LogP contribution >= 0.6 is 23.2 Å². The van der Waals surface area contributed by atoms with Crippen molar-refractivity contribution in [3.05, 3.63) is 0 Å². The Morgan fingerprint density at radius 2 is 2.00 bits per heavy atom. The summed E-state index contributed by atoms with van der Waals surface area (Å²) < 4.78 is 0. The van der Waals surface area contributed by atoms with Crippen molar-refractivity contribution in [3.8, 4) is 0 Å². The molecular formula is C3H4Cl2O. The van der Waals surface area contributed by atoms with Crippen LogP contribution in [0, 0.1) is 0 Å². The molecule has 0 unspecified atom stereocenters. The lowest BCUT2D eigenvalue weighted by Crippen LogP contribution is -1.99. The maximum atomic E-state index is 9.78. The van der Waals surface area contributed by atoms with Gasteiger partial charge < -0.3 is 0 Å². The van der Waals surface area contributed by atoms with Crippen LogP contribution < -0.4 is 0 Å². The van der Waals surface area contributed by atoms with Gasteiger partial charge in [0.2, 0.25) is 5.24 Å². The lowest BCUT2D eigenvalue weighted by molar-refractivity contribution is -0.111. The van der Waals surface area contributed by atoms with E-state index in [1.54, 1.807) is 0 Å². The van der Waals surface area contributed by atoms with E-state index in [4.69, 9.17) is 23.2 Å². The Labute approximate surface area is 46.2 Å². The Morgan fingerprint density at radius 3 is 2.00 bits per heavy atom. The normalized spacial score (nSPS) is 13.8. The van der Waals surface area contributed by atoms with Crippen molar-refractivity contribution in [2.75, 3.05) is 0 Å². The lowest BCUT2D eigenvalue weighted by atomic mass is 10.5. The van der Waals surface area contributed by atoms with Crippen LogP contribution in [0.1, 0.15) is 6.92 Å². The first-order chi connectivity index (χ1) is 2.64. The van der Waals surface area contributed by atoms with Crippen LogP contribution in [0.3, 0.4) is 0 Å². The molecule has 0 saturated carbocycles. The van der Waals surface area contributed by atoms with E-state index in [1.807, 2.05) is 0 Å². The molecule has 0 rings (SSSR count). The molecule has 0 saturated heterocycles. The fraction of sp³-hybridized carbons (Fsp3) is 0.667. The van der Waals surface area contributed by atoms with Gasteiger partial charge >= 0.3 is 0 Å². The molecule has 0 aromatic rings. The molecule has 0 fully saturated rings. The Bertz CT molecular complexity index is 59.8. The van der Waals surface area contributed by atoms with Gasteiger partial charge in [0.1, 0.15) is 5.38 Å². The van der Waals surface area contributed by atoms with Crippen LogP contribution in [-0.4, -0.2) is 10.6 Å². The van der Waals surface area contributed by atoms with Gasteiger partial charge in [-0.05, 0) is 18.5 Å². The number of halogens is 2. The van der Waals surface area contributed by atoms with E-state index < -0.39 is 10.6 Å². The number of rotatable bonds is 1.